The molecule has 5 nitrogen and oxygen atoms in total. The van der Waals surface area contributed by atoms with Crippen molar-refractivity contribution in [3.8, 4) is 0 Å². The van der Waals surface area contributed by atoms with Gasteiger partial charge < -0.3 is 10.6 Å². The molecule has 0 aliphatic rings. The van der Waals surface area contributed by atoms with Crippen LogP contribution in [0.2, 0.25) is 0 Å². The number of aromatic nitrogens is 2. The van der Waals surface area contributed by atoms with Crippen molar-refractivity contribution < 1.29 is 4.79 Å². The monoisotopic (exact) mass is 332 g/mol. The highest BCUT2D eigenvalue weighted by Crippen LogP contribution is 2.16. The van der Waals surface area contributed by atoms with Crippen LogP contribution in [0, 0.1) is 20.8 Å². The minimum atomic E-state index is -0.263. The molecule has 0 radical (unpaired) electrons. The smallest absolute Gasteiger partial charge is 0.274 e. The van der Waals surface area contributed by atoms with Crippen LogP contribution < -0.4 is 10.6 Å². The molecule has 3 rings (SSSR count). The largest absolute Gasteiger partial charge is 0.324 e. The van der Waals surface area contributed by atoms with E-state index in [9.17, 15) is 4.79 Å². The number of benzene rings is 2. The van der Waals surface area contributed by atoms with Crippen molar-refractivity contribution in [1.29, 1.82) is 0 Å². The maximum Gasteiger partial charge on any atom is 0.274 e. The van der Waals surface area contributed by atoms with E-state index in [0.29, 0.717) is 11.6 Å². The van der Waals surface area contributed by atoms with E-state index in [1.807, 2.05) is 69.3 Å². The number of anilines is 3. The summed E-state index contributed by atoms with van der Waals surface area (Å²) < 4.78 is 0. The molecule has 0 atom stereocenters. The summed E-state index contributed by atoms with van der Waals surface area (Å²) in [4.78, 5) is 21.2. The third-order valence-electron chi connectivity index (χ3n) is 3.70. The SMILES string of the molecule is Cc1ccc(NC(=O)c2cc(C)nc(Nc3ccc(C)cc3)n2)cc1. The van der Waals surface area contributed by atoms with Gasteiger partial charge in [-0.3, -0.25) is 4.79 Å². The molecule has 0 saturated heterocycles. The molecule has 0 unspecified atom stereocenters. The molecule has 0 saturated carbocycles. The average molecular weight is 332 g/mol. The predicted molar refractivity (Wildman–Crippen MR) is 100 cm³/mol. The van der Waals surface area contributed by atoms with Crippen LogP contribution in [-0.4, -0.2) is 15.9 Å². The van der Waals surface area contributed by atoms with E-state index in [1.165, 1.54) is 5.56 Å². The molecule has 2 aromatic carbocycles. The van der Waals surface area contributed by atoms with Gasteiger partial charge in [0.2, 0.25) is 5.95 Å². The zero-order valence-corrected chi connectivity index (χ0v) is 14.5. The Morgan fingerprint density at radius 1 is 0.800 bits per heavy atom. The molecule has 25 heavy (non-hydrogen) atoms. The molecule has 0 spiro atoms. The molecular weight excluding hydrogens is 312 g/mol. The minimum absolute atomic E-state index is 0.263. The number of carbonyl (C=O) groups is 1. The van der Waals surface area contributed by atoms with Crippen LogP contribution in [0.1, 0.15) is 27.3 Å². The molecule has 0 fully saturated rings. The first-order chi connectivity index (χ1) is 12.0. The first-order valence-corrected chi connectivity index (χ1v) is 8.07. The molecule has 2 N–H and O–H groups in total. The van der Waals surface area contributed by atoms with Crippen molar-refractivity contribution in [2.45, 2.75) is 20.8 Å². The summed E-state index contributed by atoms with van der Waals surface area (Å²) in [5.74, 6) is 0.138. The van der Waals surface area contributed by atoms with Gasteiger partial charge in [0.15, 0.2) is 0 Å². The molecular formula is C20H20N4O. The molecule has 0 aliphatic carbocycles. The van der Waals surface area contributed by atoms with Crippen LogP contribution in [0.15, 0.2) is 54.6 Å². The summed E-state index contributed by atoms with van der Waals surface area (Å²) in [5.41, 5.74) is 4.97. The van der Waals surface area contributed by atoms with Crippen molar-refractivity contribution in [3.05, 3.63) is 77.1 Å². The van der Waals surface area contributed by atoms with Crippen LogP contribution in [0.3, 0.4) is 0 Å². The quantitative estimate of drug-likeness (QED) is 0.743. The second-order valence-electron chi connectivity index (χ2n) is 6.03. The fraction of sp³-hybridized carbons (Fsp3) is 0.150. The molecule has 1 amide bonds. The van der Waals surface area contributed by atoms with Crippen molar-refractivity contribution >= 4 is 23.2 Å². The lowest BCUT2D eigenvalue weighted by atomic mass is 10.2. The number of aryl methyl sites for hydroxylation is 3. The van der Waals surface area contributed by atoms with Gasteiger partial charge in [0.1, 0.15) is 5.69 Å². The van der Waals surface area contributed by atoms with Crippen LogP contribution in [0.25, 0.3) is 0 Å². The Morgan fingerprint density at radius 2 is 1.36 bits per heavy atom. The van der Waals surface area contributed by atoms with Gasteiger partial charge in [-0.15, -0.1) is 0 Å². The van der Waals surface area contributed by atoms with Crippen molar-refractivity contribution in [2.24, 2.45) is 0 Å². The average Bonchev–Trinajstić information content (AvgIpc) is 2.58. The van der Waals surface area contributed by atoms with Gasteiger partial charge >= 0.3 is 0 Å². The van der Waals surface area contributed by atoms with Gasteiger partial charge in [0.05, 0.1) is 0 Å². The van der Waals surface area contributed by atoms with Gasteiger partial charge in [-0.2, -0.15) is 0 Å². The van der Waals surface area contributed by atoms with Gasteiger partial charge in [-0.25, -0.2) is 9.97 Å². The van der Waals surface area contributed by atoms with E-state index < -0.39 is 0 Å². The Balaban J connectivity index is 1.79. The Bertz CT molecular complexity index is 887. The number of nitrogens with one attached hydrogen (secondary N) is 2. The normalized spacial score (nSPS) is 10.4. The Kier molecular flexibility index (Phi) is 4.75. The highest BCUT2D eigenvalue weighted by Gasteiger charge is 2.11. The molecule has 1 aromatic heterocycles. The summed E-state index contributed by atoms with van der Waals surface area (Å²) in [7, 11) is 0. The zero-order valence-electron chi connectivity index (χ0n) is 14.5. The topological polar surface area (TPSA) is 66.9 Å². The van der Waals surface area contributed by atoms with Crippen LogP contribution in [0.5, 0.6) is 0 Å². The number of amides is 1. The summed E-state index contributed by atoms with van der Waals surface area (Å²) in [5, 5.41) is 5.99. The van der Waals surface area contributed by atoms with Crippen LogP contribution >= 0.6 is 0 Å². The highest BCUT2D eigenvalue weighted by molar-refractivity contribution is 6.03. The third-order valence-corrected chi connectivity index (χ3v) is 3.70. The Labute approximate surface area is 147 Å². The molecule has 1 heterocycles. The number of carbonyl (C=O) groups excluding carboxylic acids is 1. The number of rotatable bonds is 4. The van der Waals surface area contributed by atoms with Gasteiger partial charge in [0.25, 0.3) is 5.91 Å². The van der Waals surface area contributed by atoms with E-state index in [2.05, 4.69) is 20.6 Å². The maximum atomic E-state index is 12.5. The lowest BCUT2D eigenvalue weighted by Gasteiger charge is -2.09. The first kappa shape index (κ1) is 16.6. The molecule has 3 aromatic rings. The number of nitrogens with zero attached hydrogens (tertiary/aromatic N) is 2. The predicted octanol–water partition coefficient (Wildman–Crippen LogP) is 4.40. The van der Waals surface area contributed by atoms with Gasteiger partial charge in [0, 0.05) is 17.1 Å². The van der Waals surface area contributed by atoms with E-state index in [1.54, 1.807) is 6.07 Å². The first-order valence-electron chi connectivity index (χ1n) is 8.07. The molecule has 0 bridgehead atoms. The van der Waals surface area contributed by atoms with E-state index in [-0.39, 0.29) is 5.91 Å². The summed E-state index contributed by atoms with van der Waals surface area (Å²) in [6.07, 6.45) is 0. The molecule has 0 aliphatic heterocycles. The zero-order chi connectivity index (χ0) is 17.8. The fourth-order valence-corrected chi connectivity index (χ4v) is 2.34. The van der Waals surface area contributed by atoms with Gasteiger partial charge in [-0.05, 0) is 51.1 Å². The lowest BCUT2D eigenvalue weighted by molar-refractivity contribution is 0.102. The standard InChI is InChI=1S/C20H20N4O/c1-13-4-8-16(9-5-13)22-19(25)18-12-15(3)21-20(24-18)23-17-10-6-14(2)7-11-17/h4-12H,1-3H3,(H,22,25)(H,21,23,24). The second kappa shape index (κ2) is 7.13. The van der Waals surface area contributed by atoms with E-state index in [4.69, 9.17) is 0 Å². The van der Waals surface area contributed by atoms with E-state index >= 15 is 0 Å². The summed E-state index contributed by atoms with van der Waals surface area (Å²) >= 11 is 0. The lowest BCUT2D eigenvalue weighted by Crippen LogP contribution is -2.15. The Hall–Kier alpha value is -3.21. The van der Waals surface area contributed by atoms with Crippen molar-refractivity contribution in [2.75, 3.05) is 10.6 Å². The minimum Gasteiger partial charge on any atom is -0.324 e. The number of hydrogen-bond acceptors (Lipinski definition) is 4. The van der Waals surface area contributed by atoms with Crippen LogP contribution in [0.4, 0.5) is 17.3 Å². The molecule has 126 valence electrons. The summed E-state index contributed by atoms with van der Waals surface area (Å²) in [6, 6.07) is 17.2. The van der Waals surface area contributed by atoms with Crippen molar-refractivity contribution in [3.63, 3.8) is 0 Å². The van der Waals surface area contributed by atoms with Gasteiger partial charge in [-0.1, -0.05) is 35.4 Å². The summed E-state index contributed by atoms with van der Waals surface area (Å²) in [6.45, 7) is 5.87. The highest BCUT2D eigenvalue weighted by atomic mass is 16.1. The fourth-order valence-electron chi connectivity index (χ4n) is 2.34. The second-order valence-corrected chi connectivity index (χ2v) is 6.03. The Morgan fingerprint density at radius 3 is 1.96 bits per heavy atom. The van der Waals surface area contributed by atoms with Crippen LogP contribution in [-0.2, 0) is 0 Å². The third kappa shape index (κ3) is 4.41. The van der Waals surface area contributed by atoms with Crippen molar-refractivity contribution in [1.82, 2.24) is 9.97 Å². The number of hydrogen-bond donors (Lipinski definition) is 2. The maximum absolute atomic E-state index is 12.5. The molecule has 5 heteroatoms. The van der Waals surface area contributed by atoms with E-state index in [0.717, 1.165) is 22.6 Å².